The maximum absolute atomic E-state index is 11.2. The largest absolute Gasteiger partial charge is 0.378 e. The van der Waals surface area contributed by atoms with Gasteiger partial charge in [-0.15, -0.1) is 0 Å². The van der Waals surface area contributed by atoms with Gasteiger partial charge in [-0.05, 0) is 6.08 Å². The zero-order valence-electron chi connectivity index (χ0n) is 7.89. The van der Waals surface area contributed by atoms with Crippen LogP contribution in [-0.4, -0.2) is 45.1 Å². The summed E-state index contributed by atoms with van der Waals surface area (Å²) < 4.78 is 27.4. The molecule has 0 bridgehead atoms. The molecule has 1 N–H and O–H groups in total. The van der Waals surface area contributed by atoms with Crippen molar-refractivity contribution in [1.29, 1.82) is 0 Å². The molecule has 0 aromatic rings. The number of rotatable bonds is 3. The Morgan fingerprint density at radius 3 is 2.71 bits per heavy atom. The van der Waals surface area contributed by atoms with Gasteiger partial charge in [-0.25, -0.2) is 8.42 Å². The van der Waals surface area contributed by atoms with Crippen molar-refractivity contribution in [2.75, 3.05) is 18.6 Å². The number of carbonyl (C=O) groups excluding carboxylic acids is 1. The van der Waals surface area contributed by atoms with Gasteiger partial charge in [0.1, 0.15) is 0 Å². The smallest absolute Gasteiger partial charge is 0.243 e. The first-order valence-electron chi connectivity index (χ1n) is 4.14. The highest BCUT2D eigenvalue weighted by atomic mass is 32.2. The minimum atomic E-state index is -3.08. The molecule has 1 aliphatic rings. The van der Waals surface area contributed by atoms with E-state index >= 15 is 0 Å². The summed E-state index contributed by atoms with van der Waals surface area (Å²) in [6, 6.07) is -0.463. The standard InChI is InChI=1S/C8H13NO4S/c1-3-8(10)9-6-4-14(11,12)5-7(6)13-2/h3,6-7H,1,4-5H2,2H3,(H,9,10). The van der Waals surface area contributed by atoms with E-state index in [0.717, 1.165) is 6.08 Å². The number of amides is 1. The fourth-order valence-electron chi connectivity index (χ4n) is 1.42. The molecule has 1 fully saturated rings. The van der Waals surface area contributed by atoms with Gasteiger partial charge in [0.15, 0.2) is 9.84 Å². The van der Waals surface area contributed by atoms with Crippen molar-refractivity contribution in [3.8, 4) is 0 Å². The number of nitrogens with one attached hydrogen (secondary N) is 1. The Balaban J connectivity index is 2.69. The Labute approximate surface area is 83.0 Å². The number of sulfone groups is 1. The zero-order valence-corrected chi connectivity index (χ0v) is 8.71. The van der Waals surface area contributed by atoms with Crippen molar-refractivity contribution in [3.63, 3.8) is 0 Å². The topological polar surface area (TPSA) is 72.5 Å². The van der Waals surface area contributed by atoms with E-state index in [0.29, 0.717) is 0 Å². The van der Waals surface area contributed by atoms with Crippen LogP contribution in [0.25, 0.3) is 0 Å². The minimum Gasteiger partial charge on any atom is -0.378 e. The van der Waals surface area contributed by atoms with Crippen molar-refractivity contribution in [2.45, 2.75) is 12.1 Å². The molecule has 0 radical (unpaired) electrons. The molecule has 2 unspecified atom stereocenters. The van der Waals surface area contributed by atoms with E-state index in [-0.39, 0.29) is 17.4 Å². The molecule has 1 rings (SSSR count). The average Bonchev–Trinajstić information content (AvgIpc) is 2.40. The Hall–Kier alpha value is -0.880. The third-order valence-electron chi connectivity index (χ3n) is 2.12. The molecule has 6 heteroatoms. The van der Waals surface area contributed by atoms with Crippen LogP contribution in [-0.2, 0) is 19.4 Å². The summed E-state index contributed by atoms with van der Waals surface area (Å²) in [5.74, 6) is -0.481. The van der Waals surface area contributed by atoms with Crippen molar-refractivity contribution in [1.82, 2.24) is 5.32 Å². The van der Waals surface area contributed by atoms with Crippen molar-refractivity contribution >= 4 is 15.7 Å². The number of methoxy groups -OCH3 is 1. The first kappa shape index (κ1) is 11.2. The molecule has 0 aromatic carbocycles. The highest BCUT2D eigenvalue weighted by Gasteiger charge is 2.38. The third-order valence-corrected chi connectivity index (χ3v) is 3.82. The maximum Gasteiger partial charge on any atom is 0.243 e. The fourth-order valence-corrected chi connectivity index (χ4v) is 3.27. The van der Waals surface area contributed by atoms with E-state index in [1.54, 1.807) is 0 Å². The summed E-state index contributed by atoms with van der Waals surface area (Å²) in [5, 5.41) is 2.52. The van der Waals surface area contributed by atoms with Crippen LogP contribution < -0.4 is 5.32 Å². The molecule has 0 aromatic heterocycles. The summed E-state index contributed by atoms with van der Waals surface area (Å²) in [4.78, 5) is 11.0. The molecule has 0 saturated carbocycles. The van der Waals surface area contributed by atoms with E-state index in [9.17, 15) is 13.2 Å². The summed E-state index contributed by atoms with van der Waals surface area (Å²) >= 11 is 0. The van der Waals surface area contributed by atoms with Gasteiger partial charge in [-0.2, -0.15) is 0 Å². The number of ether oxygens (including phenoxy) is 1. The molecule has 1 aliphatic heterocycles. The van der Waals surface area contributed by atoms with Crippen LogP contribution in [0.3, 0.4) is 0 Å². The highest BCUT2D eigenvalue weighted by Crippen LogP contribution is 2.15. The molecule has 0 spiro atoms. The molecule has 1 saturated heterocycles. The summed E-state index contributed by atoms with van der Waals surface area (Å²) in [7, 11) is -1.66. The van der Waals surface area contributed by atoms with Gasteiger partial charge >= 0.3 is 0 Å². The van der Waals surface area contributed by atoms with Gasteiger partial charge in [0.05, 0.1) is 23.7 Å². The second kappa shape index (κ2) is 4.10. The normalized spacial score (nSPS) is 29.8. The average molecular weight is 219 g/mol. The summed E-state index contributed by atoms with van der Waals surface area (Å²) in [6.07, 6.45) is 0.654. The second-order valence-electron chi connectivity index (χ2n) is 3.17. The SMILES string of the molecule is C=CC(=O)NC1CS(=O)(=O)CC1OC. The number of carbonyl (C=O) groups is 1. The van der Waals surface area contributed by atoms with Crippen LogP contribution in [0.2, 0.25) is 0 Å². The predicted octanol–water partition coefficient (Wildman–Crippen LogP) is -0.899. The zero-order chi connectivity index (χ0) is 10.8. The molecule has 0 aliphatic carbocycles. The molecule has 1 heterocycles. The van der Waals surface area contributed by atoms with Gasteiger partial charge in [0.2, 0.25) is 5.91 Å². The maximum atomic E-state index is 11.2. The Bertz CT molecular complexity index is 335. The molecule has 1 amide bonds. The summed E-state index contributed by atoms with van der Waals surface area (Å²) in [5.41, 5.74) is 0. The monoisotopic (exact) mass is 219 g/mol. The molecule has 14 heavy (non-hydrogen) atoms. The van der Waals surface area contributed by atoms with E-state index < -0.39 is 22.0 Å². The van der Waals surface area contributed by atoms with Gasteiger partial charge in [0, 0.05) is 7.11 Å². The van der Waals surface area contributed by atoms with Crippen molar-refractivity contribution in [2.24, 2.45) is 0 Å². The number of hydrogen-bond acceptors (Lipinski definition) is 4. The molecule has 5 nitrogen and oxygen atoms in total. The Kier molecular flexibility index (Phi) is 3.28. The first-order valence-corrected chi connectivity index (χ1v) is 5.97. The van der Waals surface area contributed by atoms with Gasteiger partial charge in [-0.1, -0.05) is 6.58 Å². The van der Waals surface area contributed by atoms with E-state index in [4.69, 9.17) is 4.74 Å². The van der Waals surface area contributed by atoms with Crippen LogP contribution in [0, 0.1) is 0 Å². The summed E-state index contributed by atoms with van der Waals surface area (Å²) in [6.45, 7) is 3.29. The molecular formula is C8H13NO4S. The van der Waals surface area contributed by atoms with Crippen molar-refractivity contribution in [3.05, 3.63) is 12.7 Å². The Morgan fingerprint density at radius 1 is 1.57 bits per heavy atom. The molecule has 80 valence electrons. The van der Waals surface area contributed by atoms with Crippen molar-refractivity contribution < 1.29 is 17.9 Å². The van der Waals surface area contributed by atoms with Crippen LogP contribution >= 0.6 is 0 Å². The Morgan fingerprint density at radius 2 is 2.21 bits per heavy atom. The minimum absolute atomic E-state index is 0.0361. The van der Waals surface area contributed by atoms with E-state index in [1.165, 1.54) is 7.11 Å². The lowest BCUT2D eigenvalue weighted by atomic mass is 10.2. The van der Waals surface area contributed by atoms with Crippen LogP contribution in [0.4, 0.5) is 0 Å². The van der Waals surface area contributed by atoms with Gasteiger partial charge < -0.3 is 10.1 Å². The lowest BCUT2D eigenvalue weighted by molar-refractivity contribution is -0.117. The quantitative estimate of drug-likeness (QED) is 0.624. The van der Waals surface area contributed by atoms with Crippen LogP contribution in [0.5, 0.6) is 0 Å². The second-order valence-corrected chi connectivity index (χ2v) is 5.32. The van der Waals surface area contributed by atoms with Gasteiger partial charge in [-0.3, -0.25) is 4.79 Å². The van der Waals surface area contributed by atoms with Crippen LogP contribution in [0.1, 0.15) is 0 Å². The lowest BCUT2D eigenvalue weighted by Crippen LogP contribution is -2.42. The molecular weight excluding hydrogens is 206 g/mol. The third kappa shape index (κ3) is 2.55. The van der Waals surface area contributed by atoms with E-state index in [1.807, 2.05) is 0 Å². The highest BCUT2D eigenvalue weighted by molar-refractivity contribution is 7.91. The predicted molar refractivity (Wildman–Crippen MR) is 51.6 cm³/mol. The number of hydrogen-bond donors (Lipinski definition) is 1. The molecule has 2 atom stereocenters. The van der Waals surface area contributed by atoms with Crippen LogP contribution in [0.15, 0.2) is 12.7 Å². The van der Waals surface area contributed by atoms with Gasteiger partial charge in [0.25, 0.3) is 0 Å². The lowest BCUT2D eigenvalue weighted by Gasteiger charge is -2.16. The van der Waals surface area contributed by atoms with E-state index in [2.05, 4.69) is 11.9 Å². The fraction of sp³-hybridized carbons (Fsp3) is 0.625. The first-order chi connectivity index (χ1) is 6.48.